The molecule has 1 aromatic heterocycles. The zero-order valence-electron chi connectivity index (χ0n) is 11.4. The van der Waals surface area contributed by atoms with Crippen molar-refractivity contribution in [3.63, 3.8) is 0 Å². The van der Waals surface area contributed by atoms with Gasteiger partial charge in [-0.15, -0.1) is 0 Å². The first kappa shape index (κ1) is 15.5. The number of halogens is 3. The van der Waals surface area contributed by atoms with Crippen molar-refractivity contribution in [2.45, 2.75) is 25.7 Å². The Morgan fingerprint density at radius 2 is 1.95 bits per heavy atom. The van der Waals surface area contributed by atoms with Gasteiger partial charge in [-0.3, -0.25) is 4.79 Å². The molecule has 1 aliphatic rings. The molecular weight excluding hydrogens is 285 g/mol. The molecule has 0 saturated carbocycles. The quantitative estimate of drug-likeness (QED) is 0.897. The Labute approximate surface area is 120 Å². The van der Waals surface area contributed by atoms with E-state index >= 15 is 0 Å². The molecule has 0 aliphatic carbocycles. The zero-order chi connectivity index (χ0) is 15.2. The van der Waals surface area contributed by atoms with Crippen molar-refractivity contribution in [2.24, 2.45) is 5.92 Å². The molecule has 0 bridgehead atoms. The van der Waals surface area contributed by atoms with Crippen molar-refractivity contribution >= 4 is 11.9 Å². The summed E-state index contributed by atoms with van der Waals surface area (Å²) in [6, 6.07) is 0. The molecule has 0 spiro atoms. The molecule has 0 atom stereocenters. The second-order valence-corrected chi connectivity index (χ2v) is 5.03. The number of carbonyl (C=O) groups is 1. The summed E-state index contributed by atoms with van der Waals surface area (Å²) in [6.45, 7) is 0.734. The zero-order valence-corrected chi connectivity index (χ0v) is 11.4. The van der Waals surface area contributed by atoms with Crippen LogP contribution in [0.25, 0.3) is 0 Å². The number of piperidine rings is 1. The fourth-order valence-electron chi connectivity index (χ4n) is 2.33. The lowest BCUT2D eigenvalue weighted by Gasteiger charge is -2.31. The Balaban J connectivity index is 1.75. The van der Waals surface area contributed by atoms with Gasteiger partial charge < -0.3 is 10.2 Å². The van der Waals surface area contributed by atoms with E-state index < -0.39 is 18.8 Å². The molecule has 2 heterocycles. The molecule has 1 fully saturated rings. The van der Waals surface area contributed by atoms with E-state index in [1.165, 1.54) is 0 Å². The summed E-state index contributed by atoms with van der Waals surface area (Å²) in [4.78, 5) is 21.2. The number of amides is 1. The number of aromatic nitrogens is 2. The summed E-state index contributed by atoms with van der Waals surface area (Å²) in [5, 5.41) is 2.21. The summed E-state index contributed by atoms with van der Waals surface area (Å²) >= 11 is 0. The van der Waals surface area contributed by atoms with Crippen molar-refractivity contribution in [3.8, 4) is 0 Å². The van der Waals surface area contributed by atoms with Gasteiger partial charge in [0.2, 0.25) is 11.9 Å². The Morgan fingerprint density at radius 1 is 1.33 bits per heavy atom. The molecule has 0 radical (unpaired) electrons. The highest BCUT2D eigenvalue weighted by atomic mass is 19.3. The summed E-state index contributed by atoms with van der Waals surface area (Å²) < 4.78 is 36.7. The maximum atomic E-state index is 12.7. The van der Waals surface area contributed by atoms with Gasteiger partial charge in [0.1, 0.15) is 0 Å². The number of hydrogen-bond acceptors (Lipinski definition) is 4. The molecule has 0 aromatic carbocycles. The van der Waals surface area contributed by atoms with Crippen molar-refractivity contribution in [1.29, 1.82) is 0 Å². The van der Waals surface area contributed by atoms with E-state index in [1.807, 2.05) is 4.90 Å². The monoisotopic (exact) mass is 302 g/mol. The van der Waals surface area contributed by atoms with E-state index in [0.29, 0.717) is 19.0 Å². The SMILES string of the molecule is O=C(CC1CCN(c2ncc(F)cn2)CC1)NCC(F)F. The van der Waals surface area contributed by atoms with Crippen molar-refractivity contribution in [3.05, 3.63) is 18.2 Å². The predicted octanol–water partition coefficient (Wildman–Crippen LogP) is 1.60. The summed E-state index contributed by atoms with van der Waals surface area (Å²) in [6.07, 6.45) is 1.47. The van der Waals surface area contributed by atoms with Crippen LogP contribution < -0.4 is 10.2 Å². The number of alkyl halides is 2. The minimum atomic E-state index is -2.52. The molecule has 2 rings (SSSR count). The van der Waals surface area contributed by atoms with Crippen LogP contribution in [0.1, 0.15) is 19.3 Å². The highest BCUT2D eigenvalue weighted by Crippen LogP contribution is 2.22. The first-order valence-corrected chi connectivity index (χ1v) is 6.82. The van der Waals surface area contributed by atoms with Gasteiger partial charge >= 0.3 is 0 Å². The van der Waals surface area contributed by atoms with Gasteiger partial charge in [-0.2, -0.15) is 0 Å². The van der Waals surface area contributed by atoms with E-state index in [2.05, 4.69) is 15.3 Å². The largest absolute Gasteiger partial charge is 0.350 e. The van der Waals surface area contributed by atoms with Crippen LogP contribution in [0.2, 0.25) is 0 Å². The molecule has 8 heteroatoms. The molecule has 1 amide bonds. The Bertz CT molecular complexity index is 461. The fourth-order valence-corrected chi connectivity index (χ4v) is 2.33. The van der Waals surface area contributed by atoms with Crippen molar-refractivity contribution < 1.29 is 18.0 Å². The second kappa shape index (κ2) is 7.24. The number of rotatable bonds is 5. The van der Waals surface area contributed by atoms with Gasteiger partial charge in [0.25, 0.3) is 6.43 Å². The van der Waals surface area contributed by atoms with Crippen LogP contribution in [-0.2, 0) is 4.79 Å². The van der Waals surface area contributed by atoms with Gasteiger partial charge in [0.15, 0.2) is 5.82 Å². The maximum Gasteiger partial charge on any atom is 0.255 e. The normalized spacial score (nSPS) is 16.3. The van der Waals surface area contributed by atoms with Crippen LogP contribution in [-0.4, -0.2) is 41.9 Å². The lowest BCUT2D eigenvalue weighted by atomic mass is 9.93. The first-order chi connectivity index (χ1) is 10.0. The van der Waals surface area contributed by atoms with Crippen LogP contribution >= 0.6 is 0 Å². The summed E-state index contributed by atoms with van der Waals surface area (Å²) in [5.41, 5.74) is 0. The smallest absolute Gasteiger partial charge is 0.255 e. The Kier molecular flexibility index (Phi) is 5.35. The summed E-state index contributed by atoms with van der Waals surface area (Å²) in [5.74, 6) is -0.188. The standard InChI is InChI=1S/C13H17F3N4O/c14-10-6-18-13(19-7-10)20-3-1-9(2-4-20)5-12(21)17-8-11(15)16/h6-7,9,11H,1-5,8H2,(H,17,21). The number of nitrogens with one attached hydrogen (secondary N) is 1. The van der Waals surface area contributed by atoms with Crippen molar-refractivity contribution in [1.82, 2.24) is 15.3 Å². The molecule has 1 saturated heterocycles. The topological polar surface area (TPSA) is 58.1 Å². The molecule has 0 unspecified atom stereocenters. The maximum absolute atomic E-state index is 12.7. The average molecular weight is 302 g/mol. The van der Waals surface area contributed by atoms with Gasteiger partial charge in [-0.1, -0.05) is 0 Å². The third-order valence-electron chi connectivity index (χ3n) is 3.43. The van der Waals surface area contributed by atoms with Gasteiger partial charge in [0.05, 0.1) is 18.9 Å². The predicted molar refractivity (Wildman–Crippen MR) is 70.6 cm³/mol. The van der Waals surface area contributed by atoms with Gasteiger partial charge in [0, 0.05) is 19.5 Å². The van der Waals surface area contributed by atoms with E-state index in [-0.39, 0.29) is 18.2 Å². The molecule has 5 nitrogen and oxygen atoms in total. The highest BCUT2D eigenvalue weighted by molar-refractivity contribution is 5.76. The van der Waals surface area contributed by atoms with Gasteiger partial charge in [-0.25, -0.2) is 23.1 Å². The molecule has 1 aromatic rings. The number of carbonyl (C=O) groups excluding carboxylic acids is 1. The number of hydrogen-bond donors (Lipinski definition) is 1. The molecule has 116 valence electrons. The highest BCUT2D eigenvalue weighted by Gasteiger charge is 2.23. The average Bonchev–Trinajstić information content (AvgIpc) is 2.47. The molecule has 21 heavy (non-hydrogen) atoms. The third-order valence-corrected chi connectivity index (χ3v) is 3.43. The Morgan fingerprint density at radius 3 is 2.52 bits per heavy atom. The second-order valence-electron chi connectivity index (χ2n) is 5.03. The fraction of sp³-hybridized carbons (Fsp3) is 0.615. The van der Waals surface area contributed by atoms with E-state index in [1.54, 1.807) is 0 Å². The Hall–Kier alpha value is -1.86. The van der Waals surface area contributed by atoms with E-state index in [4.69, 9.17) is 0 Å². The van der Waals surface area contributed by atoms with Crippen LogP contribution in [0.4, 0.5) is 19.1 Å². The number of nitrogens with zero attached hydrogens (tertiary/aromatic N) is 3. The molecule has 1 N–H and O–H groups in total. The van der Waals surface area contributed by atoms with Crippen LogP contribution in [0.3, 0.4) is 0 Å². The van der Waals surface area contributed by atoms with Crippen LogP contribution in [0, 0.1) is 11.7 Å². The molecular formula is C13H17F3N4O. The van der Waals surface area contributed by atoms with E-state index in [0.717, 1.165) is 25.2 Å². The van der Waals surface area contributed by atoms with E-state index in [9.17, 15) is 18.0 Å². The minimum Gasteiger partial charge on any atom is -0.350 e. The number of anilines is 1. The van der Waals surface area contributed by atoms with Crippen molar-refractivity contribution in [2.75, 3.05) is 24.5 Å². The lowest BCUT2D eigenvalue weighted by Crippen LogP contribution is -2.37. The summed E-state index contributed by atoms with van der Waals surface area (Å²) in [7, 11) is 0. The minimum absolute atomic E-state index is 0.166. The van der Waals surface area contributed by atoms with Gasteiger partial charge in [-0.05, 0) is 18.8 Å². The first-order valence-electron chi connectivity index (χ1n) is 6.82. The molecule has 1 aliphatic heterocycles. The third kappa shape index (κ3) is 4.87. The van der Waals surface area contributed by atoms with Crippen LogP contribution in [0.5, 0.6) is 0 Å². The van der Waals surface area contributed by atoms with Crippen LogP contribution in [0.15, 0.2) is 12.4 Å². The lowest BCUT2D eigenvalue weighted by molar-refractivity contribution is -0.122.